The van der Waals surface area contributed by atoms with Gasteiger partial charge in [-0.1, -0.05) is 59.6 Å². The van der Waals surface area contributed by atoms with Crippen molar-refractivity contribution < 1.29 is 4.79 Å². The summed E-state index contributed by atoms with van der Waals surface area (Å²) in [5.74, 6) is 0.679. The third kappa shape index (κ3) is 6.45. The number of hydrogen-bond donors (Lipinski definition) is 5. The number of halogens is 2. The van der Waals surface area contributed by atoms with Gasteiger partial charge in [-0.05, 0) is 42.5 Å². The van der Waals surface area contributed by atoms with Crippen molar-refractivity contribution in [3.8, 4) is 0 Å². The summed E-state index contributed by atoms with van der Waals surface area (Å²) >= 11 is 11.9. The van der Waals surface area contributed by atoms with E-state index >= 15 is 0 Å². The normalized spacial score (nSPS) is 10.2. The number of hydrazine groups is 1. The maximum absolute atomic E-state index is 12.3. The monoisotopic (exact) mass is 480 g/mol. The number of hydrogen-bond acceptors (Lipinski definition) is 7. The zero-order valence-electron chi connectivity index (χ0n) is 17.0. The molecule has 5 N–H and O–H groups in total. The van der Waals surface area contributed by atoms with Crippen molar-refractivity contribution in [1.82, 2.24) is 20.4 Å². The van der Waals surface area contributed by atoms with Gasteiger partial charge in [-0.3, -0.25) is 5.43 Å². The second-order valence-electron chi connectivity index (χ2n) is 6.62. The van der Waals surface area contributed by atoms with E-state index in [0.717, 1.165) is 11.4 Å². The van der Waals surface area contributed by atoms with E-state index in [0.29, 0.717) is 15.7 Å². The number of carbonyl (C=O) groups is 1. The average molecular weight is 481 g/mol. The molecule has 0 radical (unpaired) electrons. The highest BCUT2D eigenvalue weighted by molar-refractivity contribution is 6.42. The summed E-state index contributed by atoms with van der Waals surface area (Å²) in [6.45, 7) is 0. The Hall–Kier alpha value is -4.08. The zero-order chi connectivity index (χ0) is 23.0. The summed E-state index contributed by atoms with van der Waals surface area (Å²) in [4.78, 5) is 25.3. The van der Waals surface area contributed by atoms with Crippen LogP contribution in [0.5, 0.6) is 0 Å². The second kappa shape index (κ2) is 10.5. The number of nitrogens with one attached hydrogen (secondary N) is 5. The number of aromatic nitrogens is 3. The van der Waals surface area contributed by atoms with Gasteiger partial charge in [0, 0.05) is 17.1 Å². The Kier molecular flexibility index (Phi) is 7.03. The minimum atomic E-state index is -0.552. The third-order valence-electron chi connectivity index (χ3n) is 4.16. The Morgan fingerprint density at radius 3 is 1.73 bits per heavy atom. The molecule has 0 spiro atoms. The van der Waals surface area contributed by atoms with Crippen LogP contribution in [0.1, 0.15) is 0 Å². The fourth-order valence-electron chi connectivity index (χ4n) is 2.69. The first-order chi connectivity index (χ1) is 16.0. The predicted octanol–water partition coefficient (Wildman–Crippen LogP) is 5.81. The molecule has 33 heavy (non-hydrogen) atoms. The molecule has 0 aliphatic rings. The number of benzene rings is 3. The Balaban J connectivity index is 1.49. The summed E-state index contributed by atoms with van der Waals surface area (Å²) in [6.07, 6.45) is 0. The van der Waals surface area contributed by atoms with E-state index in [-0.39, 0.29) is 17.8 Å². The summed E-state index contributed by atoms with van der Waals surface area (Å²) in [5, 5.41) is 9.57. The molecule has 2 amide bonds. The molecule has 4 rings (SSSR count). The van der Waals surface area contributed by atoms with Crippen LogP contribution >= 0.6 is 23.2 Å². The average Bonchev–Trinajstić information content (AvgIpc) is 2.81. The largest absolute Gasteiger partial charge is 0.337 e. The number of rotatable bonds is 7. The van der Waals surface area contributed by atoms with Crippen molar-refractivity contribution in [2.75, 3.05) is 21.4 Å². The molecule has 1 heterocycles. The van der Waals surface area contributed by atoms with Crippen LogP contribution in [-0.2, 0) is 0 Å². The first-order valence-corrected chi connectivity index (χ1v) is 10.5. The molecule has 4 aromatic rings. The van der Waals surface area contributed by atoms with Gasteiger partial charge in [0.25, 0.3) is 0 Å². The number of urea groups is 1. The zero-order valence-corrected chi connectivity index (χ0v) is 18.5. The fourth-order valence-corrected chi connectivity index (χ4v) is 2.99. The molecule has 0 saturated heterocycles. The van der Waals surface area contributed by atoms with Crippen LogP contribution in [0, 0.1) is 0 Å². The van der Waals surface area contributed by atoms with E-state index in [9.17, 15) is 4.79 Å². The van der Waals surface area contributed by atoms with Gasteiger partial charge < -0.3 is 16.0 Å². The topological polar surface area (TPSA) is 116 Å². The lowest BCUT2D eigenvalue weighted by atomic mass is 10.3. The van der Waals surface area contributed by atoms with E-state index < -0.39 is 6.03 Å². The van der Waals surface area contributed by atoms with E-state index in [1.807, 2.05) is 60.7 Å². The van der Waals surface area contributed by atoms with Gasteiger partial charge in [0.1, 0.15) is 0 Å². The van der Waals surface area contributed by atoms with Gasteiger partial charge in [0.2, 0.25) is 17.8 Å². The van der Waals surface area contributed by atoms with Crippen LogP contribution < -0.4 is 26.8 Å². The molecule has 1 aromatic heterocycles. The lowest BCUT2D eigenvalue weighted by Crippen LogP contribution is -2.34. The minimum absolute atomic E-state index is 0.117. The van der Waals surface area contributed by atoms with Crippen molar-refractivity contribution >= 4 is 64.1 Å². The second-order valence-corrected chi connectivity index (χ2v) is 7.44. The molecule has 166 valence electrons. The maximum Gasteiger partial charge on any atom is 0.337 e. The maximum atomic E-state index is 12.3. The minimum Gasteiger partial charge on any atom is -0.324 e. The Morgan fingerprint density at radius 2 is 1.18 bits per heavy atom. The lowest BCUT2D eigenvalue weighted by Gasteiger charge is -2.12. The third-order valence-corrected chi connectivity index (χ3v) is 4.90. The Morgan fingerprint density at radius 1 is 0.636 bits per heavy atom. The van der Waals surface area contributed by atoms with E-state index in [1.54, 1.807) is 12.1 Å². The molecular weight excluding hydrogens is 463 g/mol. The van der Waals surface area contributed by atoms with Crippen molar-refractivity contribution in [2.45, 2.75) is 0 Å². The molecule has 0 fully saturated rings. The Labute approximate surface area is 199 Å². The van der Waals surface area contributed by atoms with Crippen molar-refractivity contribution in [3.05, 3.63) is 88.9 Å². The van der Waals surface area contributed by atoms with Crippen LogP contribution in [0.15, 0.2) is 78.9 Å². The van der Waals surface area contributed by atoms with Gasteiger partial charge >= 0.3 is 6.03 Å². The van der Waals surface area contributed by atoms with Crippen LogP contribution in [0.4, 0.5) is 39.7 Å². The molecule has 3 aromatic carbocycles. The molecule has 0 saturated carbocycles. The van der Waals surface area contributed by atoms with Gasteiger partial charge in [-0.15, -0.1) is 0 Å². The van der Waals surface area contributed by atoms with E-state index in [2.05, 4.69) is 41.8 Å². The van der Waals surface area contributed by atoms with Gasteiger partial charge in [-0.25, -0.2) is 10.2 Å². The van der Waals surface area contributed by atoms with Gasteiger partial charge in [-0.2, -0.15) is 15.0 Å². The number of amides is 2. The Bertz CT molecular complexity index is 1180. The first kappa shape index (κ1) is 22.1. The molecule has 0 atom stereocenters. The van der Waals surface area contributed by atoms with Crippen LogP contribution in [0.3, 0.4) is 0 Å². The summed E-state index contributed by atoms with van der Waals surface area (Å²) in [5.41, 5.74) is 7.22. The highest BCUT2D eigenvalue weighted by Crippen LogP contribution is 2.25. The number of para-hydroxylation sites is 2. The van der Waals surface area contributed by atoms with Gasteiger partial charge in [0.15, 0.2) is 0 Å². The molecule has 11 heteroatoms. The van der Waals surface area contributed by atoms with Crippen molar-refractivity contribution in [3.63, 3.8) is 0 Å². The smallest absolute Gasteiger partial charge is 0.324 e. The molecule has 0 unspecified atom stereocenters. The quantitative estimate of drug-likeness (QED) is 0.212. The van der Waals surface area contributed by atoms with Crippen LogP contribution in [0.25, 0.3) is 0 Å². The fraction of sp³-hybridized carbons (Fsp3) is 0. The molecular formula is C22H18Cl2N8O. The number of anilines is 6. The molecule has 9 nitrogen and oxygen atoms in total. The van der Waals surface area contributed by atoms with Crippen molar-refractivity contribution in [2.24, 2.45) is 0 Å². The predicted molar refractivity (Wildman–Crippen MR) is 132 cm³/mol. The molecule has 0 bridgehead atoms. The number of carbonyl (C=O) groups excluding carboxylic acids is 1. The summed E-state index contributed by atoms with van der Waals surface area (Å²) in [7, 11) is 0. The summed E-state index contributed by atoms with van der Waals surface area (Å²) in [6, 6.07) is 23.1. The summed E-state index contributed by atoms with van der Waals surface area (Å²) < 4.78 is 0. The lowest BCUT2D eigenvalue weighted by molar-refractivity contribution is 0.253. The van der Waals surface area contributed by atoms with Crippen LogP contribution in [0.2, 0.25) is 10.0 Å². The highest BCUT2D eigenvalue weighted by Gasteiger charge is 2.10. The van der Waals surface area contributed by atoms with Gasteiger partial charge in [0.05, 0.1) is 10.0 Å². The first-order valence-electron chi connectivity index (χ1n) is 9.73. The van der Waals surface area contributed by atoms with Crippen molar-refractivity contribution in [1.29, 1.82) is 0 Å². The SMILES string of the molecule is O=C(NNc1nc(Nc2ccccc2)nc(Nc2ccccc2)n1)Nc1ccc(Cl)c(Cl)c1. The number of nitrogens with zero attached hydrogens (tertiary/aromatic N) is 3. The molecule has 0 aliphatic heterocycles. The van der Waals surface area contributed by atoms with Crippen LogP contribution in [-0.4, -0.2) is 21.0 Å². The van der Waals surface area contributed by atoms with E-state index in [1.165, 1.54) is 6.07 Å². The van der Waals surface area contributed by atoms with E-state index in [4.69, 9.17) is 23.2 Å². The standard InChI is InChI=1S/C22H18Cl2N8O/c23-17-12-11-16(13-18(17)24)27-22(33)32-31-21-29-19(25-14-7-3-1-4-8-14)28-20(30-21)26-15-9-5-2-6-10-15/h1-13H,(H2,27,32,33)(H3,25,26,28,29,30,31). The highest BCUT2D eigenvalue weighted by atomic mass is 35.5. The molecule has 0 aliphatic carbocycles.